The van der Waals surface area contributed by atoms with E-state index in [1.807, 2.05) is 25.1 Å². The molecule has 1 aromatic carbocycles. The Morgan fingerprint density at radius 3 is 2.50 bits per heavy atom. The molecule has 0 atom stereocenters. The molecule has 0 heterocycles. The average molecular weight is 195 g/mol. The predicted octanol–water partition coefficient (Wildman–Crippen LogP) is 1.70. The number of nitrogens with zero attached hydrogens (tertiary/aromatic N) is 2. The number of anilines is 2. The van der Waals surface area contributed by atoms with Gasteiger partial charge in [-0.1, -0.05) is 0 Å². The summed E-state index contributed by atoms with van der Waals surface area (Å²) in [5, 5.41) is 13.5. The van der Waals surface area contributed by atoms with Gasteiger partial charge < -0.3 is 10.2 Å². The molecule has 76 valence electrons. The van der Waals surface area contributed by atoms with Gasteiger partial charge in [0.2, 0.25) is 0 Å². The molecule has 1 N–H and O–H groups in total. The molecule has 5 heteroatoms. The van der Waals surface area contributed by atoms with E-state index in [-0.39, 0.29) is 5.69 Å². The Balaban J connectivity index is 3.21. The summed E-state index contributed by atoms with van der Waals surface area (Å²) in [5.41, 5.74) is 1.44. The lowest BCUT2D eigenvalue weighted by atomic mass is 10.2. The van der Waals surface area contributed by atoms with Gasteiger partial charge in [0.05, 0.1) is 4.92 Å². The number of nitro benzene ring substituents is 1. The molecule has 1 aromatic rings. The van der Waals surface area contributed by atoms with Crippen LogP contribution in [0, 0.1) is 10.1 Å². The molecule has 0 aliphatic carbocycles. The van der Waals surface area contributed by atoms with Gasteiger partial charge in [-0.05, 0) is 12.1 Å². The molecular formula is C9H13N3O2. The van der Waals surface area contributed by atoms with Crippen LogP contribution in [0.3, 0.4) is 0 Å². The van der Waals surface area contributed by atoms with Crippen LogP contribution in [0.15, 0.2) is 18.2 Å². The minimum Gasteiger partial charge on any atom is -0.383 e. The molecule has 0 saturated carbocycles. The number of nitro groups is 1. The standard InChI is InChI=1S/C9H13N3O2/c1-10-8-5-4-7(11(2)3)6-9(8)12(13)14/h4-6,10H,1-3H3. The molecule has 0 aromatic heterocycles. The molecule has 0 fully saturated rings. The van der Waals surface area contributed by atoms with Crippen molar-refractivity contribution in [3.63, 3.8) is 0 Å². The molecule has 0 amide bonds. The van der Waals surface area contributed by atoms with Crippen molar-refractivity contribution in [1.29, 1.82) is 0 Å². The Morgan fingerprint density at radius 2 is 2.07 bits per heavy atom. The fourth-order valence-electron chi connectivity index (χ4n) is 1.16. The number of hydrogen-bond donors (Lipinski definition) is 1. The summed E-state index contributed by atoms with van der Waals surface area (Å²) >= 11 is 0. The second-order valence-corrected chi connectivity index (χ2v) is 3.10. The lowest BCUT2D eigenvalue weighted by Gasteiger charge is -2.12. The van der Waals surface area contributed by atoms with Crippen LogP contribution in [-0.2, 0) is 0 Å². The van der Waals surface area contributed by atoms with E-state index in [1.165, 1.54) is 0 Å². The van der Waals surface area contributed by atoms with Gasteiger partial charge in [-0.25, -0.2) is 0 Å². The second kappa shape index (κ2) is 3.95. The lowest BCUT2D eigenvalue weighted by Crippen LogP contribution is -2.09. The van der Waals surface area contributed by atoms with E-state index in [2.05, 4.69) is 5.32 Å². The predicted molar refractivity (Wildman–Crippen MR) is 57.0 cm³/mol. The van der Waals surface area contributed by atoms with Gasteiger partial charge in [-0.2, -0.15) is 0 Å². The third-order valence-corrected chi connectivity index (χ3v) is 1.96. The first-order valence-corrected chi connectivity index (χ1v) is 4.19. The van der Waals surface area contributed by atoms with Crippen LogP contribution < -0.4 is 10.2 Å². The maximum absolute atomic E-state index is 10.7. The van der Waals surface area contributed by atoms with Crippen molar-refractivity contribution in [2.75, 3.05) is 31.4 Å². The first kappa shape index (κ1) is 10.3. The van der Waals surface area contributed by atoms with Crippen LogP contribution in [0.1, 0.15) is 0 Å². The lowest BCUT2D eigenvalue weighted by molar-refractivity contribution is -0.383. The summed E-state index contributed by atoms with van der Waals surface area (Å²) in [5.74, 6) is 0. The van der Waals surface area contributed by atoms with Crippen molar-refractivity contribution in [3.8, 4) is 0 Å². The minimum atomic E-state index is -0.390. The first-order valence-electron chi connectivity index (χ1n) is 4.19. The van der Waals surface area contributed by atoms with E-state index in [0.29, 0.717) is 5.69 Å². The molecule has 0 bridgehead atoms. The molecule has 14 heavy (non-hydrogen) atoms. The van der Waals surface area contributed by atoms with E-state index >= 15 is 0 Å². The summed E-state index contributed by atoms with van der Waals surface area (Å²) < 4.78 is 0. The zero-order chi connectivity index (χ0) is 10.7. The Bertz CT molecular complexity index is 350. The van der Waals surface area contributed by atoms with Crippen LogP contribution in [0.4, 0.5) is 17.1 Å². The van der Waals surface area contributed by atoms with Gasteiger partial charge in [0.25, 0.3) is 5.69 Å². The van der Waals surface area contributed by atoms with Crippen LogP contribution in [0.2, 0.25) is 0 Å². The number of hydrogen-bond acceptors (Lipinski definition) is 4. The van der Waals surface area contributed by atoms with Crippen molar-refractivity contribution in [1.82, 2.24) is 0 Å². The second-order valence-electron chi connectivity index (χ2n) is 3.10. The molecular weight excluding hydrogens is 182 g/mol. The number of benzene rings is 1. The van der Waals surface area contributed by atoms with Crippen LogP contribution in [0.25, 0.3) is 0 Å². The molecule has 0 radical (unpaired) electrons. The van der Waals surface area contributed by atoms with Crippen LogP contribution in [-0.4, -0.2) is 26.1 Å². The molecule has 0 aliphatic rings. The van der Waals surface area contributed by atoms with Crippen molar-refractivity contribution < 1.29 is 4.92 Å². The fourth-order valence-corrected chi connectivity index (χ4v) is 1.16. The van der Waals surface area contributed by atoms with Crippen molar-refractivity contribution >= 4 is 17.1 Å². The Kier molecular flexibility index (Phi) is 2.91. The molecule has 5 nitrogen and oxygen atoms in total. The highest BCUT2D eigenvalue weighted by Crippen LogP contribution is 2.28. The van der Waals surface area contributed by atoms with Gasteiger partial charge in [0.15, 0.2) is 0 Å². The summed E-state index contributed by atoms with van der Waals surface area (Å²) in [6.45, 7) is 0. The molecule has 0 spiro atoms. The molecule has 0 aliphatic heterocycles. The zero-order valence-electron chi connectivity index (χ0n) is 8.44. The smallest absolute Gasteiger partial charge is 0.294 e. The zero-order valence-corrected chi connectivity index (χ0v) is 8.44. The maximum atomic E-state index is 10.7. The summed E-state index contributed by atoms with van der Waals surface area (Å²) in [6, 6.07) is 5.08. The third kappa shape index (κ3) is 1.93. The highest BCUT2D eigenvalue weighted by Gasteiger charge is 2.13. The Hall–Kier alpha value is -1.78. The van der Waals surface area contributed by atoms with E-state index < -0.39 is 4.92 Å². The average Bonchev–Trinajstić information content (AvgIpc) is 2.16. The molecule has 1 rings (SSSR count). The van der Waals surface area contributed by atoms with Gasteiger partial charge in [-0.3, -0.25) is 10.1 Å². The van der Waals surface area contributed by atoms with E-state index in [0.717, 1.165) is 5.69 Å². The fraction of sp³-hybridized carbons (Fsp3) is 0.333. The van der Waals surface area contributed by atoms with Crippen LogP contribution >= 0.6 is 0 Å². The minimum absolute atomic E-state index is 0.0960. The van der Waals surface area contributed by atoms with Crippen molar-refractivity contribution in [3.05, 3.63) is 28.3 Å². The Labute approximate surface area is 82.5 Å². The third-order valence-electron chi connectivity index (χ3n) is 1.96. The number of rotatable bonds is 3. The first-order chi connectivity index (χ1) is 6.56. The van der Waals surface area contributed by atoms with Gasteiger partial charge >= 0.3 is 0 Å². The normalized spacial score (nSPS) is 9.64. The van der Waals surface area contributed by atoms with Gasteiger partial charge in [0.1, 0.15) is 5.69 Å². The Morgan fingerprint density at radius 1 is 1.43 bits per heavy atom. The van der Waals surface area contributed by atoms with Crippen LogP contribution in [0.5, 0.6) is 0 Å². The van der Waals surface area contributed by atoms with Gasteiger partial charge in [0, 0.05) is 32.9 Å². The van der Waals surface area contributed by atoms with Gasteiger partial charge in [-0.15, -0.1) is 0 Å². The van der Waals surface area contributed by atoms with E-state index in [4.69, 9.17) is 0 Å². The topological polar surface area (TPSA) is 58.4 Å². The SMILES string of the molecule is CNc1ccc(N(C)C)cc1[N+](=O)[O-]. The van der Waals surface area contributed by atoms with Crippen molar-refractivity contribution in [2.45, 2.75) is 0 Å². The largest absolute Gasteiger partial charge is 0.383 e. The monoisotopic (exact) mass is 195 g/mol. The van der Waals surface area contributed by atoms with E-state index in [1.54, 1.807) is 19.2 Å². The maximum Gasteiger partial charge on any atom is 0.294 e. The number of nitrogens with one attached hydrogen (secondary N) is 1. The highest BCUT2D eigenvalue weighted by molar-refractivity contribution is 5.67. The summed E-state index contributed by atoms with van der Waals surface area (Å²) in [7, 11) is 5.36. The highest BCUT2D eigenvalue weighted by atomic mass is 16.6. The molecule has 0 saturated heterocycles. The molecule has 0 unspecified atom stereocenters. The summed E-state index contributed by atoms with van der Waals surface area (Å²) in [4.78, 5) is 12.1. The summed E-state index contributed by atoms with van der Waals surface area (Å²) in [6.07, 6.45) is 0. The van der Waals surface area contributed by atoms with E-state index in [9.17, 15) is 10.1 Å². The quantitative estimate of drug-likeness (QED) is 0.589. The van der Waals surface area contributed by atoms with Crippen molar-refractivity contribution in [2.24, 2.45) is 0 Å².